The smallest absolute Gasteiger partial charge is 0.267 e. The fraction of sp³-hybridized carbons (Fsp3) is 0.182. The van der Waals surface area contributed by atoms with E-state index >= 15 is 0 Å². The summed E-state index contributed by atoms with van der Waals surface area (Å²) in [6.45, 7) is 3.09. The van der Waals surface area contributed by atoms with Gasteiger partial charge in [-0.3, -0.25) is 4.72 Å². The van der Waals surface area contributed by atoms with Gasteiger partial charge in [0.15, 0.2) is 10.7 Å². The summed E-state index contributed by atoms with van der Waals surface area (Å²) in [5, 5.41) is 4.23. The maximum absolute atomic E-state index is 12.2. The first-order chi connectivity index (χ1) is 8.81. The molecule has 0 aliphatic rings. The molecule has 0 amide bonds. The zero-order valence-electron chi connectivity index (χ0n) is 10.1. The third-order valence-corrected chi connectivity index (χ3v) is 4.77. The number of nitrogens with zero attached hydrogens (tertiary/aromatic N) is 1. The Morgan fingerprint density at radius 1 is 1.21 bits per heavy atom. The van der Waals surface area contributed by atoms with Crippen molar-refractivity contribution in [2.45, 2.75) is 18.7 Å². The van der Waals surface area contributed by atoms with Crippen LogP contribution < -0.4 is 4.72 Å². The fourth-order valence-electron chi connectivity index (χ4n) is 1.62. The summed E-state index contributed by atoms with van der Waals surface area (Å²) in [6, 6.07) is 4.46. The maximum atomic E-state index is 12.2. The molecule has 102 valence electrons. The molecule has 5 nitrogen and oxygen atoms in total. The minimum absolute atomic E-state index is 0.0265. The second-order valence-corrected chi connectivity index (χ2v) is 6.32. The molecule has 0 bridgehead atoms. The molecule has 0 fully saturated rings. The highest BCUT2D eigenvalue weighted by Gasteiger charge is 2.24. The van der Waals surface area contributed by atoms with Gasteiger partial charge in [0.2, 0.25) is 0 Å². The first-order valence-corrected chi connectivity index (χ1v) is 7.46. The van der Waals surface area contributed by atoms with Crippen molar-refractivity contribution in [3.8, 4) is 0 Å². The van der Waals surface area contributed by atoms with Crippen molar-refractivity contribution in [1.82, 2.24) is 5.16 Å². The summed E-state index contributed by atoms with van der Waals surface area (Å²) in [5.74, 6) is 0.227. The van der Waals surface area contributed by atoms with Gasteiger partial charge in [-0.15, -0.1) is 0 Å². The zero-order chi connectivity index (χ0) is 14.2. The van der Waals surface area contributed by atoms with Gasteiger partial charge < -0.3 is 4.52 Å². The zero-order valence-corrected chi connectivity index (χ0v) is 12.4. The summed E-state index contributed by atoms with van der Waals surface area (Å²) in [5.41, 5.74) is 0.611. The van der Waals surface area contributed by atoms with Gasteiger partial charge >= 0.3 is 0 Å². The predicted molar refractivity (Wildman–Crippen MR) is 73.2 cm³/mol. The lowest BCUT2D eigenvalue weighted by Gasteiger charge is -2.08. The number of rotatable bonds is 3. The van der Waals surface area contributed by atoms with Gasteiger partial charge in [-0.2, -0.15) is 0 Å². The van der Waals surface area contributed by atoms with E-state index < -0.39 is 10.0 Å². The Morgan fingerprint density at radius 3 is 2.42 bits per heavy atom. The largest absolute Gasteiger partial charge is 0.360 e. The first-order valence-electron chi connectivity index (χ1n) is 5.22. The van der Waals surface area contributed by atoms with E-state index in [0.29, 0.717) is 16.4 Å². The summed E-state index contributed by atoms with van der Waals surface area (Å²) in [6.07, 6.45) is 0. The van der Waals surface area contributed by atoms with Crippen LogP contribution in [0.1, 0.15) is 11.5 Å². The monoisotopic (exact) mass is 320 g/mol. The Labute approximate surface area is 120 Å². The fourth-order valence-corrected chi connectivity index (χ4v) is 3.30. The number of nitrogens with one attached hydrogen (secondary N) is 1. The molecule has 0 radical (unpaired) electrons. The van der Waals surface area contributed by atoms with E-state index in [1.54, 1.807) is 6.92 Å². The van der Waals surface area contributed by atoms with Crippen LogP contribution in [0.15, 0.2) is 27.6 Å². The first kappa shape index (κ1) is 14.2. The normalized spacial score (nSPS) is 11.6. The topological polar surface area (TPSA) is 72.2 Å². The van der Waals surface area contributed by atoms with E-state index in [2.05, 4.69) is 9.88 Å². The van der Waals surface area contributed by atoms with E-state index in [4.69, 9.17) is 27.7 Å². The van der Waals surface area contributed by atoms with Crippen LogP contribution in [0.5, 0.6) is 0 Å². The molecular formula is C11H10Cl2N2O3S. The van der Waals surface area contributed by atoms with Crippen LogP contribution in [-0.2, 0) is 10.0 Å². The number of hydrogen-bond acceptors (Lipinski definition) is 4. The number of aryl methyl sites for hydroxylation is 2. The van der Waals surface area contributed by atoms with Crippen LogP contribution in [0.4, 0.5) is 5.69 Å². The van der Waals surface area contributed by atoms with Crippen LogP contribution in [0.3, 0.4) is 0 Å². The number of benzene rings is 1. The van der Waals surface area contributed by atoms with E-state index in [0.717, 1.165) is 0 Å². The Balaban J connectivity index is 2.39. The molecular weight excluding hydrogens is 311 g/mol. The lowest BCUT2D eigenvalue weighted by Crippen LogP contribution is -2.14. The molecule has 19 heavy (non-hydrogen) atoms. The number of aromatic nitrogens is 1. The average Bonchev–Trinajstić information content (AvgIpc) is 2.64. The quantitative estimate of drug-likeness (QED) is 0.940. The second-order valence-electron chi connectivity index (χ2n) is 3.89. The van der Waals surface area contributed by atoms with Gasteiger partial charge in [-0.1, -0.05) is 28.4 Å². The van der Waals surface area contributed by atoms with Crippen LogP contribution in [0.25, 0.3) is 0 Å². The number of hydrogen-bond donors (Lipinski definition) is 1. The van der Waals surface area contributed by atoms with Gasteiger partial charge in [0.25, 0.3) is 10.0 Å². The van der Waals surface area contributed by atoms with Crippen molar-refractivity contribution in [1.29, 1.82) is 0 Å². The van der Waals surface area contributed by atoms with Gasteiger partial charge in [-0.25, -0.2) is 8.42 Å². The van der Waals surface area contributed by atoms with Crippen molar-refractivity contribution in [2.75, 3.05) is 4.72 Å². The molecule has 0 saturated carbocycles. The van der Waals surface area contributed by atoms with E-state index in [9.17, 15) is 8.42 Å². The Hall–Kier alpha value is -1.24. The molecule has 0 atom stereocenters. The van der Waals surface area contributed by atoms with E-state index in [1.807, 2.05) is 0 Å². The molecule has 0 unspecified atom stereocenters. The molecule has 1 heterocycles. The molecule has 0 aliphatic heterocycles. The number of halogens is 2. The molecule has 1 aromatic carbocycles. The molecule has 8 heteroatoms. The highest BCUT2D eigenvalue weighted by molar-refractivity contribution is 7.92. The molecule has 1 aromatic heterocycles. The minimum atomic E-state index is -3.77. The maximum Gasteiger partial charge on any atom is 0.267 e. The number of sulfonamides is 1. The Morgan fingerprint density at radius 2 is 1.89 bits per heavy atom. The number of anilines is 1. The van der Waals surface area contributed by atoms with Crippen molar-refractivity contribution < 1.29 is 12.9 Å². The van der Waals surface area contributed by atoms with Gasteiger partial charge in [0.1, 0.15) is 5.69 Å². The van der Waals surface area contributed by atoms with Gasteiger partial charge in [-0.05, 0) is 32.0 Å². The molecule has 1 N–H and O–H groups in total. The molecule has 2 rings (SSSR count). The average molecular weight is 321 g/mol. The van der Waals surface area contributed by atoms with E-state index in [1.165, 1.54) is 25.1 Å². The molecule has 0 saturated heterocycles. The third kappa shape index (κ3) is 2.86. The van der Waals surface area contributed by atoms with Crippen LogP contribution in [0.2, 0.25) is 10.0 Å². The summed E-state index contributed by atoms with van der Waals surface area (Å²) in [7, 11) is -3.77. The van der Waals surface area contributed by atoms with Crippen LogP contribution in [0, 0.1) is 13.8 Å². The lowest BCUT2D eigenvalue weighted by atomic mass is 10.3. The SMILES string of the molecule is Cc1noc(C)c1S(=O)(=O)Nc1ccc(Cl)c(Cl)c1. The van der Waals surface area contributed by atoms with Crippen molar-refractivity contribution in [2.24, 2.45) is 0 Å². The minimum Gasteiger partial charge on any atom is -0.360 e. The third-order valence-electron chi connectivity index (χ3n) is 2.41. The van der Waals surface area contributed by atoms with Gasteiger partial charge in [0, 0.05) is 0 Å². The molecule has 0 aliphatic carbocycles. The highest BCUT2D eigenvalue weighted by atomic mass is 35.5. The van der Waals surface area contributed by atoms with Crippen molar-refractivity contribution >= 4 is 38.9 Å². The van der Waals surface area contributed by atoms with Crippen LogP contribution in [-0.4, -0.2) is 13.6 Å². The van der Waals surface area contributed by atoms with E-state index in [-0.39, 0.29) is 15.7 Å². The van der Waals surface area contributed by atoms with Crippen molar-refractivity contribution in [3.63, 3.8) is 0 Å². The van der Waals surface area contributed by atoms with Crippen LogP contribution >= 0.6 is 23.2 Å². The summed E-state index contributed by atoms with van der Waals surface area (Å²) < 4.78 is 31.7. The molecule has 2 aromatic rings. The lowest BCUT2D eigenvalue weighted by molar-refractivity contribution is 0.390. The Bertz CT molecular complexity index is 706. The molecule has 0 spiro atoms. The summed E-state index contributed by atoms with van der Waals surface area (Å²) in [4.78, 5) is 0.0265. The van der Waals surface area contributed by atoms with Gasteiger partial charge in [0.05, 0.1) is 15.7 Å². The summed E-state index contributed by atoms with van der Waals surface area (Å²) >= 11 is 11.6. The predicted octanol–water partition coefficient (Wildman–Crippen LogP) is 3.40. The van der Waals surface area contributed by atoms with Crippen molar-refractivity contribution in [3.05, 3.63) is 39.7 Å². The highest BCUT2D eigenvalue weighted by Crippen LogP contribution is 2.27. The Kier molecular flexibility index (Phi) is 3.75. The second kappa shape index (κ2) is 5.03. The standard InChI is InChI=1S/C11H10Cl2N2O3S/c1-6-11(7(2)18-14-6)19(16,17)15-8-3-4-9(12)10(13)5-8/h3-5,15H,1-2H3.